The van der Waals surface area contributed by atoms with Crippen LogP contribution < -0.4 is 10.9 Å². The van der Waals surface area contributed by atoms with Crippen LogP contribution in [-0.2, 0) is 11.8 Å². The number of rotatable bonds is 3. The highest BCUT2D eigenvalue weighted by Gasteiger charge is 2.30. The molecule has 0 saturated carbocycles. The maximum atomic E-state index is 12.4. The molecule has 1 atom stereocenters. The van der Waals surface area contributed by atoms with Gasteiger partial charge in [-0.25, -0.2) is 9.48 Å². The Morgan fingerprint density at radius 1 is 1.46 bits per heavy atom. The highest BCUT2D eigenvalue weighted by molar-refractivity contribution is 9.10. The molecule has 1 N–H and O–H groups in total. The van der Waals surface area contributed by atoms with Gasteiger partial charge in [0.05, 0.1) is 17.9 Å². The summed E-state index contributed by atoms with van der Waals surface area (Å²) >= 11 is 3.30. The molecule has 2 heterocycles. The molecular weight excluding hydrogens is 376 g/mol. The van der Waals surface area contributed by atoms with Crippen molar-refractivity contribution in [2.45, 2.75) is 51.7 Å². The smallest absolute Gasteiger partial charge is 0.410 e. The van der Waals surface area contributed by atoms with E-state index in [0.717, 1.165) is 19.3 Å². The third-order valence-electron chi connectivity index (χ3n) is 3.86. The molecule has 0 aliphatic carbocycles. The van der Waals surface area contributed by atoms with Gasteiger partial charge in [0.2, 0.25) is 0 Å². The fourth-order valence-electron chi connectivity index (χ4n) is 2.64. The lowest BCUT2D eigenvalue weighted by molar-refractivity contribution is 0.0114. The van der Waals surface area contributed by atoms with E-state index in [1.165, 1.54) is 4.68 Å². The lowest BCUT2D eigenvalue weighted by Crippen LogP contribution is -2.49. The highest BCUT2D eigenvalue weighted by Crippen LogP contribution is 2.22. The Labute approximate surface area is 150 Å². The van der Waals surface area contributed by atoms with E-state index >= 15 is 0 Å². The molecule has 1 fully saturated rings. The minimum Gasteiger partial charge on any atom is -0.444 e. The molecule has 24 heavy (non-hydrogen) atoms. The van der Waals surface area contributed by atoms with Crippen LogP contribution in [0, 0.1) is 0 Å². The van der Waals surface area contributed by atoms with Crippen molar-refractivity contribution >= 4 is 27.7 Å². The molecule has 7 nitrogen and oxygen atoms in total. The van der Waals surface area contributed by atoms with E-state index in [4.69, 9.17) is 4.74 Å². The zero-order chi connectivity index (χ0) is 17.9. The highest BCUT2D eigenvalue weighted by atomic mass is 79.9. The second-order valence-electron chi connectivity index (χ2n) is 7.01. The van der Waals surface area contributed by atoms with Crippen molar-refractivity contribution in [2.75, 3.05) is 18.4 Å². The number of anilines is 1. The molecule has 1 aliphatic heterocycles. The van der Waals surface area contributed by atoms with Gasteiger partial charge in [0, 0.05) is 20.1 Å². The monoisotopic (exact) mass is 400 g/mol. The van der Waals surface area contributed by atoms with Crippen molar-refractivity contribution in [1.29, 1.82) is 0 Å². The standard InChI is InChI=1S/C16H25BrN4O3/c1-16(2,3)24-15(23)21-8-6-5-7-11(21)9-18-12-10-19-20(4)14(22)13(12)17/h10-11,18H,5-9H2,1-4H3. The largest absolute Gasteiger partial charge is 0.444 e. The van der Waals surface area contributed by atoms with Crippen LogP contribution in [-0.4, -0.2) is 45.5 Å². The first-order valence-corrected chi connectivity index (χ1v) is 8.93. The average molecular weight is 401 g/mol. The Morgan fingerprint density at radius 2 is 2.17 bits per heavy atom. The van der Waals surface area contributed by atoms with Gasteiger partial charge >= 0.3 is 6.09 Å². The topological polar surface area (TPSA) is 76.5 Å². The summed E-state index contributed by atoms with van der Waals surface area (Å²) < 4.78 is 7.21. The van der Waals surface area contributed by atoms with Gasteiger partial charge in [0.15, 0.2) is 0 Å². The molecule has 0 bridgehead atoms. The summed E-state index contributed by atoms with van der Waals surface area (Å²) in [6.45, 7) is 6.84. The number of amides is 1. The Bertz CT molecular complexity index is 654. The zero-order valence-electron chi connectivity index (χ0n) is 14.6. The molecule has 0 aromatic carbocycles. The number of ether oxygens (including phenoxy) is 1. The Balaban J connectivity index is 2.05. The maximum absolute atomic E-state index is 12.4. The molecule has 1 amide bonds. The number of aromatic nitrogens is 2. The van der Waals surface area contributed by atoms with E-state index in [2.05, 4.69) is 26.3 Å². The average Bonchev–Trinajstić information content (AvgIpc) is 2.50. The first-order chi connectivity index (χ1) is 11.2. The molecular formula is C16H25BrN4O3. The van der Waals surface area contributed by atoms with Crippen LogP contribution in [0.5, 0.6) is 0 Å². The molecule has 1 unspecified atom stereocenters. The van der Waals surface area contributed by atoms with Crippen molar-refractivity contribution < 1.29 is 9.53 Å². The molecule has 1 aromatic heterocycles. The lowest BCUT2D eigenvalue weighted by Gasteiger charge is -2.37. The third-order valence-corrected chi connectivity index (χ3v) is 4.63. The minimum absolute atomic E-state index is 0.0320. The summed E-state index contributed by atoms with van der Waals surface area (Å²) in [5.41, 5.74) is -0.0779. The number of halogens is 1. The minimum atomic E-state index is -0.509. The molecule has 0 spiro atoms. The molecule has 1 aromatic rings. The molecule has 8 heteroatoms. The second-order valence-corrected chi connectivity index (χ2v) is 7.80. The fraction of sp³-hybridized carbons (Fsp3) is 0.688. The third kappa shape index (κ3) is 4.72. The van der Waals surface area contributed by atoms with E-state index in [0.29, 0.717) is 23.2 Å². The van der Waals surface area contributed by atoms with Crippen LogP contribution in [0.2, 0.25) is 0 Å². The summed E-state index contributed by atoms with van der Waals surface area (Å²) in [6, 6.07) is 0.0320. The molecule has 1 aliphatic rings. The summed E-state index contributed by atoms with van der Waals surface area (Å²) in [5, 5.41) is 7.24. The van der Waals surface area contributed by atoms with Gasteiger partial charge in [0.1, 0.15) is 10.1 Å². The van der Waals surface area contributed by atoms with E-state index < -0.39 is 5.60 Å². The van der Waals surface area contributed by atoms with Crippen molar-refractivity contribution in [3.63, 3.8) is 0 Å². The number of nitrogens with one attached hydrogen (secondary N) is 1. The fourth-order valence-corrected chi connectivity index (χ4v) is 3.13. The van der Waals surface area contributed by atoms with Gasteiger partial charge in [0.25, 0.3) is 5.56 Å². The first-order valence-electron chi connectivity index (χ1n) is 8.14. The van der Waals surface area contributed by atoms with Crippen LogP contribution in [0.1, 0.15) is 40.0 Å². The lowest BCUT2D eigenvalue weighted by atomic mass is 10.0. The van der Waals surface area contributed by atoms with E-state index in [-0.39, 0.29) is 17.7 Å². The van der Waals surface area contributed by atoms with E-state index in [9.17, 15) is 9.59 Å². The zero-order valence-corrected chi connectivity index (χ0v) is 16.2. The van der Waals surface area contributed by atoms with Crippen molar-refractivity contribution in [3.05, 3.63) is 21.0 Å². The molecule has 0 radical (unpaired) electrons. The maximum Gasteiger partial charge on any atom is 0.410 e. The molecule has 134 valence electrons. The number of carbonyl (C=O) groups excluding carboxylic acids is 1. The molecule has 2 rings (SSSR count). The first kappa shape index (κ1) is 18.8. The second kappa shape index (κ2) is 7.55. The number of hydrogen-bond donors (Lipinski definition) is 1. The number of aryl methyl sites for hydroxylation is 1. The van der Waals surface area contributed by atoms with Crippen molar-refractivity contribution in [3.8, 4) is 0 Å². The van der Waals surface area contributed by atoms with Gasteiger partial charge in [-0.05, 0) is 56.0 Å². The number of carbonyl (C=O) groups is 1. The predicted octanol–water partition coefficient (Wildman–Crippen LogP) is 2.74. The summed E-state index contributed by atoms with van der Waals surface area (Å²) in [6.07, 6.45) is 4.28. The SMILES string of the molecule is Cn1ncc(NCC2CCCCN2C(=O)OC(C)(C)C)c(Br)c1=O. The quantitative estimate of drug-likeness (QED) is 0.843. The van der Waals surface area contributed by atoms with Gasteiger partial charge in [-0.15, -0.1) is 0 Å². The van der Waals surface area contributed by atoms with E-state index in [1.54, 1.807) is 18.1 Å². The Kier molecular flexibility index (Phi) is 5.90. The number of nitrogens with zero attached hydrogens (tertiary/aromatic N) is 3. The summed E-state index contributed by atoms with van der Waals surface area (Å²) in [5.74, 6) is 0. The number of hydrogen-bond acceptors (Lipinski definition) is 5. The van der Waals surface area contributed by atoms with Gasteiger partial charge in [-0.3, -0.25) is 4.79 Å². The van der Waals surface area contributed by atoms with Gasteiger partial charge < -0.3 is 15.0 Å². The van der Waals surface area contributed by atoms with Crippen LogP contribution in [0.15, 0.2) is 15.5 Å². The molecule has 1 saturated heterocycles. The van der Waals surface area contributed by atoms with Crippen LogP contribution >= 0.6 is 15.9 Å². The predicted molar refractivity (Wildman–Crippen MR) is 96.2 cm³/mol. The van der Waals surface area contributed by atoms with Gasteiger partial charge in [-0.1, -0.05) is 0 Å². The Hall–Kier alpha value is -1.57. The van der Waals surface area contributed by atoms with Gasteiger partial charge in [-0.2, -0.15) is 5.10 Å². The summed E-state index contributed by atoms with van der Waals surface area (Å²) in [7, 11) is 1.60. The van der Waals surface area contributed by atoms with Crippen LogP contribution in [0.25, 0.3) is 0 Å². The number of likely N-dealkylation sites (tertiary alicyclic amines) is 1. The Morgan fingerprint density at radius 3 is 2.83 bits per heavy atom. The van der Waals surface area contributed by atoms with Crippen molar-refractivity contribution in [2.24, 2.45) is 7.05 Å². The summed E-state index contributed by atoms with van der Waals surface area (Å²) in [4.78, 5) is 26.1. The van der Waals surface area contributed by atoms with Crippen LogP contribution in [0.3, 0.4) is 0 Å². The van der Waals surface area contributed by atoms with Crippen molar-refractivity contribution in [1.82, 2.24) is 14.7 Å². The number of piperidine rings is 1. The van der Waals surface area contributed by atoms with E-state index in [1.807, 2.05) is 20.8 Å². The van der Waals surface area contributed by atoms with Crippen LogP contribution in [0.4, 0.5) is 10.5 Å². The normalized spacial score (nSPS) is 18.4.